The Kier molecular flexibility index (Phi) is 3.40. The van der Waals surface area contributed by atoms with Gasteiger partial charge in [-0.15, -0.1) is 0 Å². The Morgan fingerprint density at radius 3 is 2.76 bits per heavy atom. The van der Waals surface area contributed by atoms with E-state index in [-0.39, 0.29) is 11.3 Å². The molecule has 0 radical (unpaired) electrons. The van der Waals surface area contributed by atoms with Crippen LogP contribution in [0.5, 0.6) is 0 Å². The van der Waals surface area contributed by atoms with Gasteiger partial charge in [-0.3, -0.25) is 14.3 Å². The first kappa shape index (κ1) is 14.0. The number of rotatable bonds is 2. The third kappa shape index (κ3) is 2.28. The molecular formula is C13H10FIN4O2. The second-order valence-electron chi connectivity index (χ2n) is 4.41. The van der Waals surface area contributed by atoms with E-state index >= 15 is 0 Å². The van der Waals surface area contributed by atoms with Gasteiger partial charge in [0.05, 0.1) is 0 Å². The van der Waals surface area contributed by atoms with Crippen LogP contribution in [-0.2, 0) is 6.54 Å². The molecule has 0 aliphatic heterocycles. The lowest BCUT2D eigenvalue weighted by molar-refractivity contribution is 0.627. The minimum absolute atomic E-state index is 0.228. The highest BCUT2D eigenvalue weighted by atomic mass is 127. The summed E-state index contributed by atoms with van der Waals surface area (Å²) in [5, 5.41) is 0. The zero-order valence-electron chi connectivity index (χ0n) is 10.9. The molecule has 0 unspecified atom stereocenters. The molecule has 0 bridgehead atoms. The van der Waals surface area contributed by atoms with Crippen molar-refractivity contribution in [3.63, 3.8) is 0 Å². The predicted molar refractivity (Wildman–Crippen MR) is 84.8 cm³/mol. The second kappa shape index (κ2) is 5.10. The summed E-state index contributed by atoms with van der Waals surface area (Å²) in [7, 11) is 0. The van der Waals surface area contributed by atoms with Crippen LogP contribution < -0.4 is 11.2 Å². The molecule has 0 amide bonds. The first-order valence-corrected chi connectivity index (χ1v) is 7.27. The number of fused-ring (bicyclic) bond motifs is 1. The van der Waals surface area contributed by atoms with Gasteiger partial charge >= 0.3 is 5.69 Å². The van der Waals surface area contributed by atoms with E-state index in [0.29, 0.717) is 27.1 Å². The lowest BCUT2D eigenvalue weighted by Crippen LogP contribution is -2.29. The number of benzene rings is 1. The molecule has 8 heteroatoms. The lowest BCUT2D eigenvalue weighted by atomic mass is 10.2. The molecule has 0 saturated carbocycles. The van der Waals surface area contributed by atoms with Crippen LogP contribution in [0.1, 0.15) is 6.92 Å². The monoisotopic (exact) mass is 400 g/mol. The molecule has 0 atom stereocenters. The maximum atomic E-state index is 13.2. The Morgan fingerprint density at radius 2 is 2.10 bits per heavy atom. The Morgan fingerprint density at radius 1 is 1.33 bits per heavy atom. The summed E-state index contributed by atoms with van der Waals surface area (Å²) in [5.41, 5.74) is 0.174. The van der Waals surface area contributed by atoms with E-state index in [9.17, 15) is 14.0 Å². The third-order valence-electron chi connectivity index (χ3n) is 3.14. The van der Waals surface area contributed by atoms with E-state index in [2.05, 4.69) is 15.0 Å². The summed E-state index contributed by atoms with van der Waals surface area (Å²) in [6.45, 7) is 2.17. The summed E-state index contributed by atoms with van der Waals surface area (Å²) in [5.74, 6) is 0.0790. The molecule has 1 aromatic carbocycles. The molecule has 2 aromatic heterocycles. The number of aryl methyl sites for hydroxylation is 1. The van der Waals surface area contributed by atoms with Crippen LogP contribution in [0.3, 0.4) is 0 Å². The Hall–Kier alpha value is -1.97. The molecule has 0 aliphatic carbocycles. The molecule has 0 saturated heterocycles. The predicted octanol–water partition coefficient (Wildman–Crippen LogP) is 1.84. The van der Waals surface area contributed by atoms with Gasteiger partial charge in [-0.25, -0.2) is 14.2 Å². The average Bonchev–Trinajstić information content (AvgIpc) is 2.84. The van der Waals surface area contributed by atoms with Crippen molar-refractivity contribution >= 4 is 33.8 Å². The van der Waals surface area contributed by atoms with Gasteiger partial charge in [0.2, 0.25) is 0 Å². The highest BCUT2D eigenvalue weighted by molar-refractivity contribution is 14.1. The number of nitrogens with one attached hydrogen (secondary N) is 2. The largest absolute Gasteiger partial charge is 0.332 e. The molecule has 6 nitrogen and oxygen atoms in total. The first-order valence-electron chi connectivity index (χ1n) is 6.19. The summed E-state index contributed by atoms with van der Waals surface area (Å²) in [4.78, 5) is 33.1. The van der Waals surface area contributed by atoms with Gasteiger partial charge in [0, 0.05) is 15.7 Å². The third-order valence-corrected chi connectivity index (χ3v) is 4.03. The van der Waals surface area contributed by atoms with Crippen LogP contribution in [0.2, 0.25) is 0 Å². The van der Waals surface area contributed by atoms with Gasteiger partial charge in [-0.2, -0.15) is 0 Å². The number of hydrogen-bond donors (Lipinski definition) is 2. The van der Waals surface area contributed by atoms with E-state index in [1.165, 1.54) is 16.7 Å². The SMILES string of the molecule is CCn1c(=O)[nH]c(=O)c2[nH]c(-c3ccc(F)cc3I)nc21. The van der Waals surface area contributed by atoms with Crippen molar-refractivity contribution in [2.45, 2.75) is 13.5 Å². The molecule has 21 heavy (non-hydrogen) atoms. The van der Waals surface area contributed by atoms with Gasteiger partial charge in [0.25, 0.3) is 5.56 Å². The summed E-state index contributed by atoms with van der Waals surface area (Å²) in [6, 6.07) is 4.28. The number of nitrogens with zero attached hydrogens (tertiary/aromatic N) is 2. The van der Waals surface area contributed by atoms with Crippen LogP contribution in [-0.4, -0.2) is 19.5 Å². The molecule has 108 valence electrons. The van der Waals surface area contributed by atoms with Crippen molar-refractivity contribution < 1.29 is 4.39 Å². The van der Waals surface area contributed by atoms with E-state index in [4.69, 9.17) is 0 Å². The van der Waals surface area contributed by atoms with Gasteiger partial charge in [-0.1, -0.05) is 0 Å². The molecule has 0 fully saturated rings. The standard InChI is InChI=1S/C13H10FIN4O2/c1-2-19-11-9(12(20)18-13(19)21)16-10(17-11)7-4-3-6(14)5-8(7)15/h3-5H,2H2,1H3,(H,16,17)(H,18,20,21). The van der Waals surface area contributed by atoms with Crippen molar-refractivity contribution in [1.82, 2.24) is 19.5 Å². The van der Waals surface area contributed by atoms with Crippen LogP contribution >= 0.6 is 22.6 Å². The summed E-state index contributed by atoms with van der Waals surface area (Å²) in [6.07, 6.45) is 0. The van der Waals surface area contributed by atoms with Gasteiger partial charge in [0.1, 0.15) is 17.2 Å². The molecule has 3 aromatic rings. The van der Waals surface area contributed by atoms with Gasteiger partial charge < -0.3 is 4.98 Å². The second-order valence-corrected chi connectivity index (χ2v) is 5.57. The highest BCUT2D eigenvalue weighted by Gasteiger charge is 2.14. The molecule has 0 spiro atoms. The Balaban J connectivity index is 2.33. The number of hydrogen-bond acceptors (Lipinski definition) is 3. The number of imidazole rings is 1. The Labute approximate surface area is 131 Å². The van der Waals surface area contributed by atoms with E-state index in [0.717, 1.165) is 0 Å². The highest BCUT2D eigenvalue weighted by Crippen LogP contribution is 2.24. The average molecular weight is 400 g/mol. The fraction of sp³-hybridized carbons (Fsp3) is 0.154. The van der Waals surface area contributed by atoms with Gasteiger partial charge in [-0.05, 0) is 47.7 Å². The zero-order chi connectivity index (χ0) is 15.1. The quantitative estimate of drug-likeness (QED) is 0.645. The molecule has 2 N–H and O–H groups in total. The Bertz CT molecular complexity index is 957. The summed E-state index contributed by atoms with van der Waals surface area (Å²) < 4.78 is 15.2. The molecular weight excluding hydrogens is 390 g/mol. The first-order chi connectivity index (χ1) is 10.0. The minimum atomic E-state index is -0.518. The van der Waals surface area contributed by atoms with Crippen LogP contribution in [0.4, 0.5) is 4.39 Å². The number of H-pyrrole nitrogens is 2. The molecule has 2 heterocycles. The minimum Gasteiger partial charge on any atom is -0.332 e. The maximum absolute atomic E-state index is 13.2. The molecule has 0 aliphatic rings. The van der Waals surface area contributed by atoms with Crippen molar-refractivity contribution in [2.75, 3.05) is 0 Å². The van der Waals surface area contributed by atoms with Crippen molar-refractivity contribution in [1.29, 1.82) is 0 Å². The smallest absolute Gasteiger partial charge is 0.330 e. The fourth-order valence-electron chi connectivity index (χ4n) is 2.14. The normalized spacial score (nSPS) is 11.2. The van der Waals surface area contributed by atoms with Crippen molar-refractivity contribution in [3.05, 3.63) is 48.4 Å². The number of aromatic amines is 2. The van der Waals surface area contributed by atoms with E-state index < -0.39 is 11.2 Å². The fourth-order valence-corrected chi connectivity index (χ4v) is 2.88. The van der Waals surface area contributed by atoms with Crippen LogP contribution in [0, 0.1) is 9.39 Å². The maximum Gasteiger partial charge on any atom is 0.330 e. The number of halogens is 2. The van der Waals surface area contributed by atoms with Gasteiger partial charge in [0.15, 0.2) is 5.65 Å². The zero-order valence-corrected chi connectivity index (χ0v) is 13.1. The van der Waals surface area contributed by atoms with Crippen molar-refractivity contribution in [2.24, 2.45) is 0 Å². The molecule has 3 rings (SSSR count). The van der Waals surface area contributed by atoms with Crippen LogP contribution in [0.25, 0.3) is 22.6 Å². The van der Waals surface area contributed by atoms with Crippen LogP contribution in [0.15, 0.2) is 27.8 Å². The lowest BCUT2D eigenvalue weighted by Gasteiger charge is -2.00. The topological polar surface area (TPSA) is 83.5 Å². The number of aromatic nitrogens is 4. The van der Waals surface area contributed by atoms with E-state index in [1.807, 2.05) is 22.6 Å². The van der Waals surface area contributed by atoms with Crippen molar-refractivity contribution in [3.8, 4) is 11.4 Å². The van der Waals surface area contributed by atoms with E-state index in [1.54, 1.807) is 13.0 Å². The summed E-state index contributed by atoms with van der Waals surface area (Å²) >= 11 is 1.99.